The lowest BCUT2D eigenvalue weighted by Crippen LogP contribution is -2.31. The molecule has 2 aromatic carbocycles. The number of benzene rings is 2. The Bertz CT molecular complexity index is 684. The van der Waals surface area contributed by atoms with Gasteiger partial charge in [0.1, 0.15) is 5.82 Å². The van der Waals surface area contributed by atoms with Crippen LogP contribution in [-0.4, -0.2) is 0 Å². The molecule has 0 bridgehead atoms. The van der Waals surface area contributed by atoms with Crippen LogP contribution in [0.25, 0.3) is 0 Å². The quantitative estimate of drug-likeness (QED) is 0.834. The first-order valence-electron chi connectivity index (χ1n) is 5.86. The van der Waals surface area contributed by atoms with Crippen molar-refractivity contribution in [3.05, 3.63) is 63.3 Å². The van der Waals surface area contributed by atoms with Crippen molar-refractivity contribution < 1.29 is 4.39 Å². The van der Waals surface area contributed by atoms with Crippen molar-refractivity contribution in [1.29, 1.82) is 5.26 Å². The third-order valence-corrected chi connectivity index (χ3v) is 4.16. The summed E-state index contributed by atoms with van der Waals surface area (Å²) in [6.45, 7) is 1.63. The summed E-state index contributed by atoms with van der Waals surface area (Å²) in [5.41, 5.74) is -0.194. The number of nitrogens with zero attached hydrogens (tertiary/aromatic N) is 1. The molecular formula is C15H11BrClFN2. The van der Waals surface area contributed by atoms with E-state index in [9.17, 15) is 9.65 Å². The fourth-order valence-electron chi connectivity index (χ4n) is 1.88. The van der Waals surface area contributed by atoms with E-state index >= 15 is 0 Å². The second-order valence-corrected chi connectivity index (χ2v) is 5.73. The molecule has 1 N–H and O–H groups in total. The molecule has 0 amide bonds. The third-order valence-electron chi connectivity index (χ3n) is 2.95. The van der Waals surface area contributed by atoms with E-state index in [1.54, 1.807) is 43.3 Å². The minimum atomic E-state index is -1.17. The Labute approximate surface area is 130 Å². The van der Waals surface area contributed by atoms with Crippen molar-refractivity contribution in [2.45, 2.75) is 12.5 Å². The van der Waals surface area contributed by atoms with Gasteiger partial charge in [-0.15, -0.1) is 0 Å². The van der Waals surface area contributed by atoms with E-state index in [0.717, 1.165) is 0 Å². The Morgan fingerprint density at radius 2 is 2.00 bits per heavy atom. The molecule has 0 aliphatic carbocycles. The largest absolute Gasteiger partial charge is 0.364 e. The molecule has 0 saturated heterocycles. The Morgan fingerprint density at radius 3 is 2.60 bits per heavy atom. The molecule has 0 heterocycles. The summed E-state index contributed by atoms with van der Waals surface area (Å²) in [7, 11) is 0. The second-order valence-electron chi connectivity index (χ2n) is 4.47. The van der Waals surface area contributed by atoms with Crippen LogP contribution in [0.4, 0.5) is 10.1 Å². The smallest absolute Gasteiger partial charge is 0.151 e. The van der Waals surface area contributed by atoms with Gasteiger partial charge in [0.15, 0.2) is 5.54 Å². The van der Waals surface area contributed by atoms with E-state index < -0.39 is 11.4 Å². The first kappa shape index (κ1) is 14.8. The molecule has 1 atom stereocenters. The van der Waals surface area contributed by atoms with Gasteiger partial charge in [-0.3, -0.25) is 0 Å². The van der Waals surface area contributed by atoms with Crippen LogP contribution in [0.2, 0.25) is 5.02 Å². The molecule has 1 unspecified atom stereocenters. The van der Waals surface area contributed by atoms with Crippen LogP contribution in [0.15, 0.2) is 46.9 Å². The van der Waals surface area contributed by atoms with Crippen LogP contribution < -0.4 is 5.32 Å². The minimum absolute atomic E-state index is 0.300. The molecule has 0 saturated carbocycles. The predicted octanol–water partition coefficient (Wildman–Crippen LogP) is 5.09. The van der Waals surface area contributed by atoms with Gasteiger partial charge in [-0.05, 0) is 47.1 Å². The summed E-state index contributed by atoms with van der Waals surface area (Å²) in [6, 6.07) is 13.5. The van der Waals surface area contributed by atoms with Gasteiger partial charge in [0, 0.05) is 15.7 Å². The SMILES string of the molecule is CC(C#N)(Nc1ccc(Cl)c(Br)c1)c1ccccc1F. The molecule has 0 aliphatic rings. The zero-order valence-corrected chi connectivity index (χ0v) is 13.0. The van der Waals surface area contributed by atoms with Gasteiger partial charge < -0.3 is 5.32 Å². The first-order valence-corrected chi connectivity index (χ1v) is 7.03. The lowest BCUT2D eigenvalue weighted by Gasteiger charge is -2.25. The van der Waals surface area contributed by atoms with Crippen LogP contribution >= 0.6 is 27.5 Å². The van der Waals surface area contributed by atoms with Gasteiger partial charge in [-0.2, -0.15) is 5.26 Å². The molecule has 5 heteroatoms. The van der Waals surface area contributed by atoms with Gasteiger partial charge >= 0.3 is 0 Å². The number of nitriles is 1. The molecular weight excluding hydrogens is 343 g/mol. The highest BCUT2D eigenvalue weighted by Gasteiger charge is 2.29. The summed E-state index contributed by atoms with van der Waals surface area (Å²) < 4.78 is 14.6. The maximum Gasteiger partial charge on any atom is 0.151 e. The average molecular weight is 354 g/mol. The fraction of sp³-hybridized carbons (Fsp3) is 0.133. The van der Waals surface area contributed by atoms with Gasteiger partial charge in [0.2, 0.25) is 0 Å². The van der Waals surface area contributed by atoms with Crippen LogP contribution in [0.1, 0.15) is 12.5 Å². The van der Waals surface area contributed by atoms with Crippen molar-refractivity contribution in [3.8, 4) is 6.07 Å². The second kappa shape index (κ2) is 5.82. The van der Waals surface area contributed by atoms with E-state index in [-0.39, 0.29) is 0 Å². The number of halogens is 3. The van der Waals surface area contributed by atoms with E-state index in [1.807, 2.05) is 0 Å². The molecule has 0 radical (unpaired) electrons. The highest BCUT2D eigenvalue weighted by atomic mass is 79.9. The standard InChI is InChI=1S/C15H11BrClFN2/c1-15(9-19,11-4-2-3-5-14(11)18)20-10-6-7-13(17)12(16)8-10/h2-8,20H,1H3. The van der Waals surface area contributed by atoms with Crippen molar-refractivity contribution >= 4 is 33.2 Å². The van der Waals surface area contributed by atoms with Gasteiger partial charge in [-0.1, -0.05) is 29.8 Å². The molecule has 20 heavy (non-hydrogen) atoms. The zero-order chi connectivity index (χ0) is 14.8. The minimum Gasteiger partial charge on any atom is -0.364 e. The Hall–Kier alpha value is -1.57. The van der Waals surface area contributed by atoms with E-state index in [1.165, 1.54) is 6.07 Å². The van der Waals surface area contributed by atoms with Crippen molar-refractivity contribution in [2.24, 2.45) is 0 Å². The number of rotatable bonds is 3. The lowest BCUT2D eigenvalue weighted by molar-refractivity contribution is 0.571. The van der Waals surface area contributed by atoms with Crippen LogP contribution in [0.3, 0.4) is 0 Å². The topological polar surface area (TPSA) is 35.8 Å². The molecule has 0 aliphatic heterocycles. The van der Waals surface area contributed by atoms with E-state index in [0.29, 0.717) is 20.7 Å². The Kier molecular flexibility index (Phi) is 4.32. The summed E-state index contributed by atoms with van der Waals surface area (Å²) in [5.74, 6) is -0.419. The average Bonchev–Trinajstić information content (AvgIpc) is 2.43. The molecule has 0 aromatic heterocycles. The zero-order valence-electron chi connectivity index (χ0n) is 10.6. The van der Waals surface area contributed by atoms with E-state index in [4.69, 9.17) is 11.6 Å². The first-order chi connectivity index (χ1) is 9.46. The maximum absolute atomic E-state index is 13.9. The summed E-state index contributed by atoms with van der Waals surface area (Å²) >= 11 is 9.25. The molecule has 2 aromatic rings. The molecule has 102 valence electrons. The Morgan fingerprint density at radius 1 is 1.30 bits per heavy atom. The molecule has 2 nitrogen and oxygen atoms in total. The maximum atomic E-state index is 13.9. The van der Waals surface area contributed by atoms with Crippen molar-refractivity contribution in [1.82, 2.24) is 0 Å². The third kappa shape index (κ3) is 2.95. The van der Waals surface area contributed by atoms with Crippen LogP contribution in [0.5, 0.6) is 0 Å². The Balaban J connectivity index is 2.40. The molecule has 2 rings (SSSR count). The van der Waals surface area contributed by atoms with Crippen molar-refractivity contribution in [3.63, 3.8) is 0 Å². The summed E-state index contributed by atoms with van der Waals surface area (Å²) in [5, 5.41) is 13.0. The highest BCUT2D eigenvalue weighted by molar-refractivity contribution is 9.10. The number of hydrogen-bond donors (Lipinski definition) is 1. The normalized spacial score (nSPS) is 13.3. The lowest BCUT2D eigenvalue weighted by atomic mass is 9.92. The van der Waals surface area contributed by atoms with E-state index in [2.05, 4.69) is 27.3 Å². The number of hydrogen-bond acceptors (Lipinski definition) is 2. The van der Waals surface area contributed by atoms with Crippen LogP contribution in [-0.2, 0) is 5.54 Å². The van der Waals surface area contributed by atoms with Crippen molar-refractivity contribution in [2.75, 3.05) is 5.32 Å². The summed E-state index contributed by atoms with van der Waals surface area (Å²) in [4.78, 5) is 0. The predicted molar refractivity (Wildman–Crippen MR) is 82.1 cm³/mol. The number of anilines is 1. The van der Waals surface area contributed by atoms with Gasteiger partial charge in [0.25, 0.3) is 0 Å². The summed E-state index contributed by atoms with van der Waals surface area (Å²) in [6.07, 6.45) is 0. The number of nitrogens with one attached hydrogen (secondary N) is 1. The highest BCUT2D eigenvalue weighted by Crippen LogP contribution is 2.31. The van der Waals surface area contributed by atoms with Crippen LogP contribution in [0, 0.1) is 17.1 Å². The van der Waals surface area contributed by atoms with Gasteiger partial charge in [0.05, 0.1) is 11.1 Å². The molecule has 0 fully saturated rings. The fourth-order valence-corrected chi connectivity index (χ4v) is 2.38. The molecule has 0 spiro atoms. The monoisotopic (exact) mass is 352 g/mol. The van der Waals surface area contributed by atoms with Gasteiger partial charge in [-0.25, -0.2) is 4.39 Å².